The number of aromatic nitrogens is 1. The van der Waals surface area contributed by atoms with E-state index in [0.717, 1.165) is 18.5 Å². The van der Waals surface area contributed by atoms with Crippen LogP contribution in [0.5, 0.6) is 0 Å². The number of fused-ring (bicyclic) bond motifs is 14. The average molecular weight is 749 g/mol. The van der Waals surface area contributed by atoms with E-state index in [1.807, 2.05) is 11.3 Å². The third-order valence-electron chi connectivity index (χ3n) is 12.6. The van der Waals surface area contributed by atoms with E-state index in [1.54, 1.807) is 0 Å². The lowest BCUT2D eigenvalue weighted by atomic mass is 9.91. The quantitative estimate of drug-likeness (QED) is 0.168. The first-order valence-corrected chi connectivity index (χ1v) is 20.8. The fourth-order valence-electron chi connectivity index (χ4n) is 10.3. The van der Waals surface area contributed by atoms with Crippen molar-refractivity contribution in [2.75, 3.05) is 10.6 Å². The van der Waals surface area contributed by atoms with Crippen molar-refractivity contribution in [2.24, 2.45) is 0 Å². The zero-order valence-electron chi connectivity index (χ0n) is 31.0. The molecule has 4 nitrogen and oxygen atoms in total. The van der Waals surface area contributed by atoms with E-state index < -0.39 is 0 Å². The van der Waals surface area contributed by atoms with Crippen LogP contribution in [-0.2, 0) is 6.42 Å². The van der Waals surface area contributed by atoms with Crippen molar-refractivity contribution in [3.63, 3.8) is 0 Å². The maximum atomic E-state index is 4.03. The minimum Gasteiger partial charge on any atom is -0.353 e. The molecule has 1 aliphatic heterocycles. The van der Waals surface area contributed by atoms with Gasteiger partial charge in [-0.2, -0.15) is 0 Å². The Morgan fingerprint density at radius 2 is 1.35 bits per heavy atom. The van der Waals surface area contributed by atoms with E-state index in [9.17, 15) is 0 Å². The van der Waals surface area contributed by atoms with E-state index in [4.69, 9.17) is 0 Å². The van der Waals surface area contributed by atoms with Gasteiger partial charge in [0, 0.05) is 42.9 Å². The lowest BCUT2D eigenvalue weighted by Crippen LogP contribution is -2.48. The van der Waals surface area contributed by atoms with Crippen LogP contribution in [-0.4, -0.2) is 10.7 Å². The number of allylic oxidation sites excluding steroid dienone is 1. The first-order valence-electron chi connectivity index (χ1n) is 20.0. The van der Waals surface area contributed by atoms with Gasteiger partial charge in [0.25, 0.3) is 0 Å². The summed E-state index contributed by atoms with van der Waals surface area (Å²) in [4.78, 5) is 1.31. The smallest absolute Gasteiger partial charge is 0.153 e. The van der Waals surface area contributed by atoms with Crippen LogP contribution < -0.4 is 16.0 Å². The summed E-state index contributed by atoms with van der Waals surface area (Å²) in [5.74, 6) is 0. The second kappa shape index (κ2) is 11.9. The number of thiophene rings is 1. The van der Waals surface area contributed by atoms with Gasteiger partial charge in [-0.3, -0.25) is 5.32 Å². The molecule has 4 heterocycles. The molecule has 3 aromatic heterocycles. The molecule has 1 aliphatic carbocycles. The fraction of sp³-hybridized carbons (Fsp3) is 0.0769. The standard InChI is InChI=1S/C52H36N4S/c1-3-16-32-30(13-1)15-11-22-37(32)48-51-49(38-21-8-10-26-45(38)57-51)55-52(54-48)53-42-25-9-7-19-35(42)41-29-44-47(36-20-6-5-18-34(36)41)40-24-12-23-39-46-33-17-4-2-14-31(33)27-28-43(46)56(44)50(39)40/h1-3,5-16,18-29,48,52-55H,4,17H2. The number of benzene rings is 8. The SMILES string of the molecule is C1=Cc2ccc3c(c2CC1)c1cccc2c4c5ccccc5c(-c5ccccc5NC5Nc6c(sc7ccccc67)C(c6cccc7ccccc67)N5)cc4n3c12. The molecule has 13 rings (SSSR count). The summed E-state index contributed by atoms with van der Waals surface area (Å²) < 4.78 is 3.85. The number of nitrogens with zero attached hydrogens (tertiary/aromatic N) is 1. The van der Waals surface area contributed by atoms with Gasteiger partial charge in [0.15, 0.2) is 6.29 Å². The second-order valence-electron chi connectivity index (χ2n) is 15.6. The van der Waals surface area contributed by atoms with Gasteiger partial charge in [-0.15, -0.1) is 11.3 Å². The molecule has 0 spiro atoms. The summed E-state index contributed by atoms with van der Waals surface area (Å²) >= 11 is 1.88. The van der Waals surface area contributed by atoms with Crippen LogP contribution in [0.4, 0.5) is 11.4 Å². The molecular weight excluding hydrogens is 713 g/mol. The van der Waals surface area contributed by atoms with Crippen molar-refractivity contribution in [3.05, 3.63) is 179 Å². The Labute approximate surface area is 333 Å². The van der Waals surface area contributed by atoms with E-state index in [-0.39, 0.29) is 12.3 Å². The molecule has 3 N–H and O–H groups in total. The summed E-state index contributed by atoms with van der Waals surface area (Å²) in [7, 11) is 0. The number of nitrogens with one attached hydrogen (secondary N) is 3. The molecule has 11 aromatic rings. The van der Waals surface area contributed by atoms with Gasteiger partial charge < -0.3 is 15.0 Å². The summed E-state index contributed by atoms with van der Waals surface area (Å²) in [6.45, 7) is 0. The van der Waals surface area contributed by atoms with Gasteiger partial charge in [0.2, 0.25) is 0 Å². The van der Waals surface area contributed by atoms with Crippen molar-refractivity contribution in [3.8, 4) is 11.1 Å². The maximum absolute atomic E-state index is 4.03. The molecule has 2 unspecified atom stereocenters. The van der Waals surface area contributed by atoms with Gasteiger partial charge in [-0.1, -0.05) is 140 Å². The van der Waals surface area contributed by atoms with Crippen LogP contribution in [0.15, 0.2) is 158 Å². The Balaban J connectivity index is 1.00. The van der Waals surface area contributed by atoms with Crippen LogP contribution >= 0.6 is 11.3 Å². The van der Waals surface area contributed by atoms with E-state index in [1.165, 1.54) is 108 Å². The summed E-state index contributed by atoms with van der Waals surface area (Å²) in [5.41, 5.74) is 12.7. The Morgan fingerprint density at radius 3 is 2.28 bits per heavy atom. The van der Waals surface area contributed by atoms with E-state index in [2.05, 4.69) is 184 Å². The number of aryl methyl sites for hydroxylation is 1. The second-order valence-corrected chi connectivity index (χ2v) is 16.7. The first kappa shape index (κ1) is 31.5. The van der Waals surface area contributed by atoms with Gasteiger partial charge in [0.1, 0.15) is 0 Å². The van der Waals surface area contributed by atoms with Gasteiger partial charge >= 0.3 is 0 Å². The molecule has 57 heavy (non-hydrogen) atoms. The molecule has 0 saturated heterocycles. The highest BCUT2D eigenvalue weighted by Gasteiger charge is 2.32. The Morgan fingerprint density at radius 1 is 0.614 bits per heavy atom. The molecule has 2 aliphatic rings. The lowest BCUT2D eigenvalue weighted by Gasteiger charge is -2.35. The summed E-state index contributed by atoms with van der Waals surface area (Å²) in [5, 5.41) is 23.7. The Bertz CT molecular complexity index is 3470. The fourth-order valence-corrected chi connectivity index (χ4v) is 11.5. The van der Waals surface area contributed by atoms with Crippen LogP contribution in [0.2, 0.25) is 0 Å². The van der Waals surface area contributed by atoms with Crippen molar-refractivity contribution < 1.29 is 0 Å². The average Bonchev–Trinajstić information content (AvgIpc) is 3.93. The molecule has 270 valence electrons. The first-order chi connectivity index (χ1) is 28.3. The molecule has 0 saturated carbocycles. The zero-order valence-corrected chi connectivity index (χ0v) is 31.8. The molecule has 8 aromatic carbocycles. The molecule has 0 fully saturated rings. The number of hydrogen-bond acceptors (Lipinski definition) is 4. The van der Waals surface area contributed by atoms with E-state index >= 15 is 0 Å². The number of hydrogen-bond donors (Lipinski definition) is 3. The highest BCUT2D eigenvalue weighted by Crippen LogP contribution is 2.48. The van der Waals surface area contributed by atoms with Crippen molar-refractivity contribution in [1.82, 2.24) is 9.72 Å². The van der Waals surface area contributed by atoms with Gasteiger partial charge in [-0.05, 0) is 80.9 Å². The topological polar surface area (TPSA) is 40.5 Å². The minimum absolute atomic E-state index is 0.000548. The molecule has 0 radical (unpaired) electrons. The molecule has 2 atom stereocenters. The predicted molar refractivity (Wildman–Crippen MR) is 243 cm³/mol. The van der Waals surface area contributed by atoms with Crippen LogP contribution in [0.3, 0.4) is 0 Å². The van der Waals surface area contributed by atoms with E-state index in [0.29, 0.717) is 0 Å². The van der Waals surface area contributed by atoms with Crippen molar-refractivity contribution >= 4 is 98.5 Å². The molecule has 0 amide bonds. The minimum atomic E-state index is -0.237. The lowest BCUT2D eigenvalue weighted by molar-refractivity contribution is 0.537. The Hall–Kier alpha value is -6.66. The highest BCUT2D eigenvalue weighted by molar-refractivity contribution is 7.20. The monoisotopic (exact) mass is 748 g/mol. The van der Waals surface area contributed by atoms with Crippen LogP contribution in [0.1, 0.15) is 34.0 Å². The van der Waals surface area contributed by atoms with Crippen molar-refractivity contribution in [1.29, 1.82) is 0 Å². The largest absolute Gasteiger partial charge is 0.353 e. The van der Waals surface area contributed by atoms with Crippen LogP contribution in [0.25, 0.3) is 86.9 Å². The third-order valence-corrected chi connectivity index (χ3v) is 13.9. The van der Waals surface area contributed by atoms with Gasteiger partial charge in [-0.25, -0.2) is 0 Å². The molecular formula is C52H36N4S. The Kier molecular flexibility index (Phi) is 6.60. The third kappa shape index (κ3) is 4.47. The molecule has 0 bridgehead atoms. The van der Waals surface area contributed by atoms with Crippen LogP contribution in [0, 0.1) is 0 Å². The summed E-state index contributed by atoms with van der Waals surface area (Å²) in [6.07, 6.45) is 6.55. The van der Waals surface area contributed by atoms with Gasteiger partial charge in [0.05, 0.1) is 33.2 Å². The molecule has 5 heteroatoms. The number of para-hydroxylation sites is 2. The number of rotatable bonds is 4. The highest BCUT2D eigenvalue weighted by atomic mass is 32.1. The van der Waals surface area contributed by atoms with Crippen molar-refractivity contribution in [2.45, 2.75) is 25.2 Å². The normalized spacial score (nSPS) is 16.6. The maximum Gasteiger partial charge on any atom is 0.153 e. The predicted octanol–water partition coefficient (Wildman–Crippen LogP) is 13.5. The zero-order chi connectivity index (χ0) is 37.2. The number of anilines is 2. The summed E-state index contributed by atoms with van der Waals surface area (Å²) in [6, 6.07) is 56.1.